The van der Waals surface area contributed by atoms with Crippen LogP contribution in [0.4, 0.5) is 5.82 Å². The number of carbonyl (C=O) groups is 1. The maximum Gasteiger partial charge on any atom is 0.337 e. The van der Waals surface area contributed by atoms with Gasteiger partial charge in [0, 0.05) is 19.1 Å². The molecule has 11 heteroatoms. The fraction of sp³-hybridized carbons (Fsp3) is 0.438. The number of esters is 1. The monoisotopic (exact) mass is 412 g/mol. The van der Waals surface area contributed by atoms with Crippen LogP contribution in [0.3, 0.4) is 0 Å². The van der Waals surface area contributed by atoms with Gasteiger partial charge < -0.3 is 14.4 Å². The van der Waals surface area contributed by atoms with E-state index in [2.05, 4.69) is 23.1 Å². The van der Waals surface area contributed by atoms with E-state index >= 15 is 0 Å². The molecule has 0 bridgehead atoms. The minimum Gasteiger partial charge on any atom is -0.495 e. The zero-order valence-corrected chi connectivity index (χ0v) is 16.5. The van der Waals surface area contributed by atoms with E-state index in [1.54, 1.807) is 6.20 Å². The normalized spacial score (nSPS) is 15.6. The SMILES string of the molecule is COC(=O)c1ccc(OC)c(S(=O)(=O)NC2CCN(c3cnsn3)CC2)c1. The highest BCUT2D eigenvalue weighted by Gasteiger charge is 2.28. The average molecular weight is 412 g/mol. The number of carbonyl (C=O) groups excluding carboxylic acids is 1. The lowest BCUT2D eigenvalue weighted by atomic mass is 10.1. The lowest BCUT2D eigenvalue weighted by molar-refractivity contribution is 0.0600. The van der Waals surface area contributed by atoms with Gasteiger partial charge in [0.25, 0.3) is 0 Å². The molecule has 1 saturated heterocycles. The van der Waals surface area contributed by atoms with Crippen LogP contribution in [-0.2, 0) is 14.8 Å². The van der Waals surface area contributed by atoms with Crippen molar-refractivity contribution in [3.63, 3.8) is 0 Å². The Hall–Kier alpha value is -2.24. The minimum absolute atomic E-state index is 0.0842. The highest BCUT2D eigenvalue weighted by molar-refractivity contribution is 7.89. The van der Waals surface area contributed by atoms with Gasteiger partial charge in [0.2, 0.25) is 10.0 Å². The highest BCUT2D eigenvalue weighted by Crippen LogP contribution is 2.27. The summed E-state index contributed by atoms with van der Waals surface area (Å²) in [6, 6.07) is 3.95. The van der Waals surface area contributed by atoms with E-state index in [4.69, 9.17) is 4.74 Å². The number of nitrogens with one attached hydrogen (secondary N) is 1. The minimum atomic E-state index is -3.87. The van der Waals surface area contributed by atoms with Crippen molar-refractivity contribution in [3.8, 4) is 5.75 Å². The first kappa shape index (κ1) is 19.5. The van der Waals surface area contributed by atoms with Crippen molar-refractivity contribution in [2.24, 2.45) is 0 Å². The number of ether oxygens (including phenoxy) is 2. The zero-order chi connectivity index (χ0) is 19.4. The lowest BCUT2D eigenvalue weighted by Crippen LogP contribution is -2.44. The summed E-state index contributed by atoms with van der Waals surface area (Å²) in [7, 11) is -1.24. The summed E-state index contributed by atoms with van der Waals surface area (Å²) in [6.45, 7) is 1.36. The lowest BCUT2D eigenvalue weighted by Gasteiger charge is -2.32. The molecule has 2 aromatic rings. The van der Waals surface area contributed by atoms with Crippen LogP contribution in [0.2, 0.25) is 0 Å². The van der Waals surface area contributed by atoms with Crippen LogP contribution in [0.25, 0.3) is 0 Å². The summed E-state index contributed by atoms with van der Waals surface area (Å²) in [5, 5.41) is 0. The van der Waals surface area contributed by atoms with Crippen LogP contribution in [-0.4, -0.2) is 56.5 Å². The standard InChI is InChI=1S/C16H20N4O5S2/c1-24-13-4-3-11(16(21)25-2)9-14(13)27(22,23)19-12-5-7-20(8-6-12)15-10-17-26-18-15/h3-4,9-10,12,19H,5-8H2,1-2H3. The quantitative estimate of drug-likeness (QED) is 0.707. The first-order chi connectivity index (χ1) is 12.9. The van der Waals surface area contributed by atoms with Gasteiger partial charge >= 0.3 is 5.97 Å². The third-order valence-corrected chi connectivity index (χ3v) is 6.37. The van der Waals surface area contributed by atoms with Gasteiger partial charge in [-0.1, -0.05) is 0 Å². The van der Waals surface area contributed by atoms with E-state index in [-0.39, 0.29) is 22.3 Å². The van der Waals surface area contributed by atoms with Crippen LogP contribution in [0, 0.1) is 0 Å². The average Bonchev–Trinajstić information content (AvgIpc) is 3.22. The van der Waals surface area contributed by atoms with Gasteiger partial charge in [-0.05, 0) is 31.0 Å². The third kappa shape index (κ3) is 4.37. The summed E-state index contributed by atoms with van der Waals surface area (Å²) in [5.74, 6) is 0.370. The van der Waals surface area contributed by atoms with E-state index in [1.807, 2.05) is 0 Å². The van der Waals surface area contributed by atoms with E-state index in [0.29, 0.717) is 25.9 Å². The molecule has 0 radical (unpaired) electrons. The van der Waals surface area contributed by atoms with Crippen molar-refractivity contribution < 1.29 is 22.7 Å². The Balaban J connectivity index is 1.74. The topological polar surface area (TPSA) is 111 Å². The molecule has 2 heterocycles. The number of hydrogen-bond acceptors (Lipinski definition) is 9. The molecule has 0 saturated carbocycles. The van der Waals surface area contributed by atoms with Gasteiger partial charge in [-0.15, -0.1) is 0 Å². The van der Waals surface area contributed by atoms with Crippen molar-refractivity contribution in [2.45, 2.75) is 23.8 Å². The van der Waals surface area contributed by atoms with Gasteiger partial charge in [-0.25, -0.2) is 17.9 Å². The molecule has 0 unspecified atom stereocenters. The van der Waals surface area contributed by atoms with Crippen molar-refractivity contribution >= 4 is 33.5 Å². The van der Waals surface area contributed by atoms with Gasteiger partial charge in [0.15, 0.2) is 5.82 Å². The number of piperidine rings is 1. The Labute approximate surface area is 161 Å². The summed E-state index contributed by atoms with van der Waals surface area (Å²) < 4.78 is 46.5. The molecule has 146 valence electrons. The molecule has 9 nitrogen and oxygen atoms in total. The Bertz CT molecular complexity index is 894. The molecule has 0 atom stereocenters. The number of hydrogen-bond donors (Lipinski definition) is 1. The number of methoxy groups -OCH3 is 2. The number of aromatic nitrogens is 2. The van der Waals surface area contributed by atoms with Crippen LogP contribution in [0.15, 0.2) is 29.3 Å². The summed E-state index contributed by atoms with van der Waals surface area (Å²) in [6.07, 6.45) is 2.98. The van der Waals surface area contributed by atoms with Crippen LogP contribution in [0.5, 0.6) is 5.75 Å². The number of rotatable bonds is 6. The summed E-state index contributed by atoms with van der Waals surface area (Å²) in [4.78, 5) is 13.7. The predicted molar refractivity (Wildman–Crippen MR) is 99.8 cm³/mol. The van der Waals surface area contributed by atoms with E-state index in [0.717, 1.165) is 17.5 Å². The first-order valence-electron chi connectivity index (χ1n) is 8.26. The molecule has 0 aliphatic carbocycles. The summed E-state index contributed by atoms with van der Waals surface area (Å²) in [5.41, 5.74) is 0.143. The van der Waals surface area contributed by atoms with Crippen LogP contribution < -0.4 is 14.4 Å². The van der Waals surface area contributed by atoms with E-state index in [1.165, 1.54) is 32.4 Å². The van der Waals surface area contributed by atoms with E-state index < -0.39 is 16.0 Å². The number of nitrogens with zero attached hydrogens (tertiary/aromatic N) is 3. The molecular formula is C16H20N4O5S2. The first-order valence-corrected chi connectivity index (χ1v) is 10.5. The molecule has 1 aliphatic heterocycles. The van der Waals surface area contributed by atoms with Gasteiger partial charge in [-0.2, -0.15) is 8.75 Å². The Kier molecular flexibility index (Phi) is 5.92. The highest BCUT2D eigenvalue weighted by atomic mass is 32.2. The second-order valence-corrected chi connectivity index (χ2v) is 8.24. The molecule has 0 spiro atoms. The molecule has 1 aromatic carbocycles. The Morgan fingerprint density at radius 2 is 2.04 bits per heavy atom. The van der Waals surface area contributed by atoms with Crippen molar-refractivity contribution in [2.75, 3.05) is 32.2 Å². The molecule has 27 heavy (non-hydrogen) atoms. The van der Waals surface area contributed by atoms with Crippen molar-refractivity contribution in [1.82, 2.24) is 13.5 Å². The zero-order valence-electron chi connectivity index (χ0n) is 14.9. The number of benzene rings is 1. The van der Waals surface area contributed by atoms with Gasteiger partial charge in [0.1, 0.15) is 10.6 Å². The molecular weight excluding hydrogens is 392 g/mol. The van der Waals surface area contributed by atoms with Crippen molar-refractivity contribution in [3.05, 3.63) is 30.0 Å². The fourth-order valence-electron chi connectivity index (χ4n) is 2.94. The maximum atomic E-state index is 12.9. The molecule has 0 amide bonds. The fourth-order valence-corrected chi connectivity index (χ4v) is 4.87. The van der Waals surface area contributed by atoms with Crippen LogP contribution in [0.1, 0.15) is 23.2 Å². The molecule has 1 aromatic heterocycles. The van der Waals surface area contributed by atoms with Gasteiger partial charge in [0.05, 0.1) is 37.7 Å². The molecule has 1 fully saturated rings. The number of sulfonamides is 1. The second-order valence-electron chi connectivity index (χ2n) is 6.01. The van der Waals surface area contributed by atoms with Crippen molar-refractivity contribution in [1.29, 1.82) is 0 Å². The number of anilines is 1. The molecule has 1 N–H and O–H groups in total. The van der Waals surface area contributed by atoms with E-state index in [9.17, 15) is 13.2 Å². The molecule has 3 rings (SSSR count). The summed E-state index contributed by atoms with van der Waals surface area (Å²) >= 11 is 1.15. The Morgan fingerprint density at radius 3 is 2.63 bits per heavy atom. The Morgan fingerprint density at radius 1 is 1.30 bits per heavy atom. The van der Waals surface area contributed by atoms with Gasteiger partial charge in [-0.3, -0.25) is 0 Å². The smallest absolute Gasteiger partial charge is 0.337 e. The maximum absolute atomic E-state index is 12.9. The predicted octanol–water partition coefficient (Wildman–Crippen LogP) is 1.28. The third-order valence-electron chi connectivity index (χ3n) is 4.36. The van der Waals surface area contributed by atoms with Crippen LogP contribution >= 0.6 is 11.7 Å². The molecule has 1 aliphatic rings. The second kappa shape index (κ2) is 8.19. The largest absolute Gasteiger partial charge is 0.495 e.